The fourth-order valence-electron chi connectivity index (χ4n) is 2.30. The lowest BCUT2D eigenvalue weighted by Crippen LogP contribution is -2.23. The second-order valence-electron chi connectivity index (χ2n) is 5.65. The van der Waals surface area contributed by atoms with Gasteiger partial charge in [-0.1, -0.05) is 61.5 Å². The number of methoxy groups -OCH3 is 1. The molecule has 0 amide bonds. The Morgan fingerprint density at radius 1 is 1.05 bits per heavy atom. The number of nitrogens with one attached hydrogen (secondary N) is 1. The van der Waals surface area contributed by atoms with Crippen molar-refractivity contribution in [3.63, 3.8) is 0 Å². The summed E-state index contributed by atoms with van der Waals surface area (Å²) in [5, 5.41) is 3.58. The Bertz CT molecular complexity index is 592. The van der Waals surface area contributed by atoms with Crippen molar-refractivity contribution >= 4 is 6.08 Å². The van der Waals surface area contributed by atoms with Crippen LogP contribution in [0.1, 0.15) is 31.0 Å². The number of ether oxygens (including phenoxy) is 1. The molecule has 0 saturated heterocycles. The minimum Gasteiger partial charge on any atom is -0.497 e. The third-order valence-electron chi connectivity index (χ3n) is 3.76. The maximum atomic E-state index is 5.28. The SMILES string of the molecule is COc1cccc([C@@H](C)NC[C@H](C)C=Cc2ccccc2)c1. The lowest BCUT2D eigenvalue weighted by atomic mass is 10.1. The average Bonchev–Trinajstić information content (AvgIpc) is 2.58. The second kappa shape index (κ2) is 8.40. The van der Waals surface area contributed by atoms with Crippen molar-refractivity contribution in [1.82, 2.24) is 5.32 Å². The topological polar surface area (TPSA) is 21.3 Å². The highest BCUT2D eigenvalue weighted by Gasteiger charge is 2.07. The zero-order chi connectivity index (χ0) is 15.8. The Morgan fingerprint density at radius 3 is 2.55 bits per heavy atom. The van der Waals surface area contributed by atoms with Crippen molar-refractivity contribution in [3.05, 3.63) is 71.8 Å². The monoisotopic (exact) mass is 295 g/mol. The van der Waals surface area contributed by atoms with E-state index in [1.54, 1.807) is 7.11 Å². The molecule has 0 aromatic heterocycles. The Labute approximate surface area is 133 Å². The first-order chi connectivity index (χ1) is 10.7. The molecule has 0 spiro atoms. The molecule has 2 nitrogen and oxygen atoms in total. The van der Waals surface area contributed by atoms with Crippen LogP contribution in [-0.2, 0) is 0 Å². The van der Waals surface area contributed by atoms with E-state index < -0.39 is 0 Å². The number of benzene rings is 2. The van der Waals surface area contributed by atoms with E-state index in [-0.39, 0.29) is 0 Å². The molecule has 0 aliphatic heterocycles. The highest BCUT2D eigenvalue weighted by Crippen LogP contribution is 2.19. The van der Waals surface area contributed by atoms with Crippen LogP contribution >= 0.6 is 0 Å². The van der Waals surface area contributed by atoms with Crippen molar-refractivity contribution in [3.8, 4) is 5.75 Å². The van der Waals surface area contributed by atoms with Crippen molar-refractivity contribution in [2.45, 2.75) is 19.9 Å². The van der Waals surface area contributed by atoms with Crippen LogP contribution in [0.2, 0.25) is 0 Å². The molecule has 0 aliphatic rings. The van der Waals surface area contributed by atoms with Crippen LogP contribution in [0, 0.1) is 5.92 Å². The largest absolute Gasteiger partial charge is 0.497 e. The smallest absolute Gasteiger partial charge is 0.119 e. The molecule has 2 heteroatoms. The van der Waals surface area contributed by atoms with Crippen LogP contribution < -0.4 is 10.1 Å². The fraction of sp³-hybridized carbons (Fsp3) is 0.300. The lowest BCUT2D eigenvalue weighted by molar-refractivity contribution is 0.413. The first-order valence-corrected chi connectivity index (χ1v) is 7.79. The first-order valence-electron chi connectivity index (χ1n) is 7.79. The van der Waals surface area contributed by atoms with E-state index in [1.807, 2.05) is 18.2 Å². The Kier molecular flexibility index (Phi) is 6.23. The average molecular weight is 295 g/mol. The molecule has 1 N–H and O–H groups in total. The van der Waals surface area contributed by atoms with Crippen molar-refractivity contribution in [2.24, 2.45) is 5.92 Å². The summed E-state index contributed by atoms with van der Waals surface area (Å²) in [6.07, 6.45) is 4.43. The molecule has 0 fully saturated rings. The van der Waals surface area contributed by atoms with Crippen molar-refractivity contribution in [1.29, 1.82) is 0 Å². The van der Waals surface area contributed by atoms with Crippen LogP contribution in [0.4, 0.5) is 0 Å². The van der Waals surface area contributed by atoms with E-state index in [1.165, 1.54) is 11.1 Å². The summed E-state index contributed by atoms with van der Waals surface area (Å²) in [5.74, 6) is 1.39. The normalized spacial score (nSPS) is 14.0. The zero-order valence-corrected chi connectivity index (χ0v) is 13.6. The molecule has 0 saturated carbocycles. The van der Waals surface area contributed by atoms with E-state index >= 15 is 0 Å². The maximum absolute atomic E-state index is 5.28. The van der Waals surface area contributed by atoms with Crippen molar-refractivity contribution in [2.75, 3.05) is 13.7 Å². The van der Waals surface area contributed by atoms with E-state index in [0.29, 0.717) is 12.0 Å². The third-order valence-corrected chi connectivity index (χ3v) is 3.76. The Hall–Kier alpha value is -2.06. The summed E-state index contributed by atoms with van der Waals surface area (Å²) >= 11 is 0. The second-order valence-corrected chi connectivity index (χ2v) is 5.65. The molecule has 116 valence electrons. The van der Waals surface area contributed by atoms with Gasteiger partial charge in [0.2, 0.25) is 0 Å². The quantitative estimate of drug-likeness (QED) is 0.799. The molecule has 2 rings (SSSR count). The van der Waals surface area contributed by atoms with Gasteiger partial charge in [0.15, 0.2) is 0 Å². The van der Waals surface area contributed by atoms with Gasteiger partial charge < -0.3 is 10.1 Å². The van der Waals surface area contributed by atoms with Gasteiger partial charge >= 0.3 is 0 Å². The Morgan fingerprint density at radius 2 is 1.82 bits per heavy atom. The van der Waals surface area contributed by atoms with Gasteiger partial charge in [0, 0.05) is 12.6 Å². The zero-order valence-electron chi connectivity index (χ0n) is 13.6. The molecule has 2 aromatic carbocycles. The maximum Gasteiger partial charge on any atom is 0.119 e. The summed E-state index contributed by atoms with van der Waals surface area (Å²) in [4.78, 5) is 0. The number of rotatable bonds is 7. The van der Waals surface area contributed by atoms with Gasteiger partial charge in [0.25, 0.3) is 0 Å². The summed E-state index contributed by atoms with van der Waals surface area (Å²) in [6, 6.07) is 18.9. The van der Waals surface area contributed by atoms with Gasteiger partial charge in [-0.15, -0.1) is 0 Å². The van der Waals surface area contributed by atoms with Crippen LogP contribution in [-0.4, -0.2) is 13.7 Å². The van der Waals surface area contributed by atoms with Gasteiger partial charge in [-0.3, -0.25) is 0 Å². The van der Waals surface area contributed by atoms with Crippen LogP contribution in [0.5, 0.6) is 5.75 Å². The standard InChI is InChI=1S/C20H25NO/c1-16(12-13-18-8-5-4-6-9-18)15-21-17(2)19-10-7-11-20(14-19)22-3/h4-14,16-17,21H,15H2,1-3H3/t16-,17-/m1/s1. The van der Waals surface area contributed by atoms with E-state index in [9.17, 15) is 0 Å². The van der Waals surface area contributed by atoms with Crippen LogP contribution in [0.15, 0.2) is 60.7 Å². The molecule has 0 aliphatic carbocycles. The molecule has 0 bridgehead atoms. The molecular formula is C20H25NO. The predicted octanol–water partition coefficient (Wildman–Crippen LogP) is 4.70. The third kappa shape index (κ3) is 5.05. The van der Waals surface area contributed by atoms with E-state index in [4.69, 9.17) is 4.74 Å². The van der Waals surface area contributed by atoms with Gasteiger partial charge in [-0.25, -0.2) is 0 Å². The molecule has 2 atom stereocenters. The summed E-state index contributed by atoms with van der Waals surface area (Å²) in [5.41, 5.74) is 2.49. The Balaban J connectivity index is 1.85. The molecule has 2 aromatic rings. The fourth-order valence-corrected chi connectivity index (χ4v) is 2.30. The van der Waals surface area contributed by atoms with E-state index in [2.05, 4.69) is 67.7 Å². The van der Waals surface area contributed by atoms with Gasteiger partial charge in [-0.05, 0) is 36.1 Å². The highest BCUT2D eigenvalue weighted by molar-refractivity contribution is 5.48. The molecule has 22 heavy (non-hydrogen) atoms. The van der Waals surface area contributed by atoms with Gasteiger partial charge in [-0.2, -0.15) is 0 Å². The molecule has 0 radical (unpaired) electrons. The minimum atomic E-state index is 0.308. The van der Waals surface area contributed by atoms with E-state index in [0.717, 1.165) is 12.3 Å². The highest BCUT2D eigenvalue weighted by atomic mass is 16.5. The van der Waals surface area contributed by atoms with Crippen LogP contribution in [0.25, 0.3) is 6.08 Å². The van der Waals surface area contributed by atoms with Gasteiger partial charge in [0.05, 0.1) is 7.11 Å². The number of hydrogen-bond acceptors (Lipinski definition) is 2. The first kappa shape index (κ1) is 16.3. The predicted molar refractivity (Wildman–Crippen MR) is 94.1 cm³/mol. The number of hydrogen-bond donors (Lipinski definition) is 1. The summed E-state index contributed by atoms with van der Waals surface area (Å²) in [7, 11) is 1.70. The van der Waals surface area contributed by atoms with Crippen molar-refractivity contribution < 1.29 is 4.74 Å². The molecular weight excluding hydrogens is 270 g/mol. The lowest BCUT2D eigenvalue weighted by Gasteiger charge is -2.17. The molecule has 0 unspecified atom stereocenters. The minimum absolute atomic E-state index is 0.308. The summed E-state index contributed by atoms with van der Waals surface area (Å²) < 4.78 is 5.28. The summed E-state index contributed by atoms with van der Waals surface area (Å²) in [6.45, 7) is 5.36. The van der Waals surface area contributed by atoms with Gasteiger partial charge in [0.1, 0.15) is 5.75 Å². The molecule has 0 heterocycles. The van der Waals surface area contributed by atoms with Crippen LogP contribution in [0.3, 0.4) is 0 Å².